The minimum atomic E-state index is -3.58. The first-order valence-corrected chi connectivity index (χ1v) is 12.4. The van der Waals surface area contributed by atoms with E-state index in [0.717, 1.165) is 22.3 Å². The molecule has 1 amide bonds. The first-order chi connectivity index (χ1) is 14.5. The summed E-state index contributed by atoms with van der Waals surface area (Å²) in [5.74, 6) is -0.117. The van der Waals surface area contributed by atoms with Crippen LogP contribution < -0.4 is 0 Å². The number of sulfonamides is 1. The fourth-order valence-corrected chi connectivity index (χ4v) is 6.50. The molecule has 0 bridgehead atoms. The van der Waals surface area contributed by atoms with Gasteiger partial charge in [0.2, 0.25) is 15.9 Å². The third kappa shape index (κ3) is 4.97. The number of carbonyl (C=O) groups excluding carboxylic acids is 1. The van der Waals surface area contributed by atoms with Gasteiger partial charge in [-0.2, -0.15) is 4.31 Å². The van der Waals surface area contributed by atoms with Crippen molar-refractivity contribution in [1.82, 2.24) is 9.21 Å². The van der Waals surface area contributed by atoms with Crippen molar-refractivity contribution in [2.45, 2.75) is 51.5 Å². The lowest BCUT2D eigenvalue weighted by molar-refractivity contribution is -0.137. The highest BCUT2D eigenvalue weighted by atomic mass is 35.5. The Kier molecular flexibility index (Phi) is 7.14. The molecule has 7 heteroatoms. The van der Waals surface area contributed by atoms with Gasteiger partial charge in [-0.1, -0.05) is 41.4 Å². The SMILES string of the molecule is Cc1cc(C)c(S(=O)(=O)N2CCC(C(=O)N(C)C(C)c3ccc(Cl)cc3)CC2)c(C)c1. The monoisotopic (exact) mass is 462 g/mol. The van der Waals surface area contributed by atoms with Crippen LogP contribution in [0.2, 0.25) is 5.02 Å². The normalized spacial score (nSPS) is 16.8. The van der Waals surface area contributed by atoms with Crippen LogP contribution in [0.1, 0.15) is 48.1 Å². The molecule has 168 valence electrons. The van der Waals surface area contributed by atoms with Crippen molar-refractivity contribution in [1.29, 1.82) is 0 Å². The number of rotatable bonds is 5. The van der Waals surface area contributed by atoms with Crippen LogP contribution in [0.3, 0.4) is 0 Å². The molecule has 3 rings (SSSR count). The Hall–Kier alpha value is -1.89. The Bertz CT molecular complexity index is 1040. The largest absolute Gasteiger partial charge is 0.339 e. The fraction of sp³-hybridized carbons (Fsp3) is 0.458. The molecule has 0 saturated carbocycles. The number of benzene rings is 2. The van der Waals surface area contributed by atoms with Gasteiger partial charge in [-0.25, -0.2) is 8.42 Å². The number of nitrogens with zero attached hydrogens (tertiary/aromatic N) is 2. The Labute approximate surface area is 191 Å². The molecule has 2 aromatic rings. The Morgan fingerprint density at radius 3 is 2.10 bits per heavy atom. The van der Waals surface area contributed by atoms with E-state index in [1.165, 1.54) is 4.31 Å². The van der Waals surface area contributed by atoms with Gasteiger partial charge < -0.3 is 4.90 Å². The molecule has 1 atom stereocenters. The molecule has 0 radical (unpaired) electrons. The molecule has 5 nitrogen and oxygen atoms in total. The van der Waals surface area contributed by atoms with Crippen LogP contribution in [0.4, 0.5) is 0 Å². The van der Waals surface area contributed by atoms with Crippen LogP contribution in [-0.4, -0.2) is 43.7 Å². The smallest absolute Gasteiger partial charge is 0.243 e. The maximum absolute atomic E-state index is 13.3. The van der Waals surface area contributed by atoms with Gasteiger partial charge in [0.25, 0.3) is 0 Å². The predicted molar refractivity (Wildman–Crippen MR) is 125 cm³/mol. The van der Waals surface area contributed by atoms with Crippen LogP contribution in [0.25, 0.3) is 0 Å². The average Bonchev–Trinajstić information content (AvgIpc) is 2.72. The molecule has 0 aromatic heterocycles. The molecule has 0 N–H and O–H groups in total. The van der Waals surface area contributed by atoms with Crippen LogP contribution in [0, 0.1) is 26.7 Å². The van der Waals surface area contributed by atoms with Crippen molar-refractivity contribution in [3.05, 3.63) is 63.7 Å². The van der Waals surface area contributed by atoms with E-state index in [9.17, 15) is 13.2 Å². The second kappa shape index (κ2) is 9.31. The summed E-state index contributed by atoms with van der Waals surface area (Å²) in [6.45, 7) is 8.36. The first-order valence-electron chi connectivity index (χ1n) is 10.6. The van der Waals surface area contributed by atoms with Crippen LogP contribution in [-0.2, 0) is 14.8 Å². The van der Waals surface area contributed by atoms with Crippen LogP contribution in [0.5, 0.6) is 0 Å². The molecule has 1 fully saturated rings. The lowest BCUT2D eigenvalue weighted by Crippen LogP contribution is -2.44. The molecule has 1 aliphatic heterocycles. The standard InChI is InChI=1S/C24H31ClN2O3S/c1-16-14-17(2)23(18(3)15-16)31(29,30)27-12-10-21(11-13-27)24(28)26(5)19(4)20-6-8-22(25)9-7-20/h6-9,14-15,19,21H,10-13H2,1-5H3. The lowest BCUT2D eigenvalue weighted by atomic mass is 9.95. The Morgan fingerprint density at radius 1 is 1.06 bits per heavy atom. The lowest BCUT2D eigenvalue weighted by Gasteiger charge is -2.35. The zero-order valence-electron chi connectivity index (χ0n) is 18.9. The molecule has 0 spiro atoms. The van der Waals surface area contributed by atoms with Gasteiger partial charge in [-0.15, -0.1) is 0 Å². The third-order valence-corrected chi connectivity index (χ3v) is 8.74. The molecule has 31 heavy (non-hydrogen) atoms. The summed E-state index contributed by atoms with van der Waals surface area (Å²) in [7, 11) is -1.77. The molecule has 1 aliphatic rings. The number of amides is 1. The molecular weight excluding hydrogens is 432 g/mol. The Balaban J connectivity index is 1.68. The average molecular weight is 463 g/mol. The highest BCUT2D eigenvalue weighted by Gasteiger charge is 2.35. The molecule has 1 heterocycles. The first kappa shape index (κ1) is 23.8. The van der Waals surface area contributed by atoms with Crippen LogP contribution in [0.15, 0.2) is 41.3 Å². The van der Waals surface area contributed by atoms with E-state index in [-0.39, 0.29) is 17.9 Å². The number of halogens is 1. The van der Waals surface area contributed by atoms with E-state index in [1.807, 2.05) is 71.1 Å². The zero-order chi connectivity index (χ0) is 22.9. The van der Waals surface area contributed by atoms with E-state index in [1.54, 1.807) is 4.90 Å². The third-order valence-electron chi connectivity index (χ3n) is 6.29. The number of hydrogen-bond donors (Lipinski definition) is 0. The van der Waals surface area contributed by atoms with Gasteiger partial charge in [0.1, 0.15) is 0 Å². The van der Waals surface area contributed by atoms with Gasteiger partial charge in [0.05, 0.1) is 10.9 Å². The molecule has 1 saturated heterocycles. The maximum Gasteiger partial charge on any atom is 0.243 e. The van der Waals surface area contributed by atoms with Gasteiger partial charge >= 0.3 is 0 Å². The van der Waals surface area contributed by atoms with Crippen molar-refractivity contribution < 1.29 is 13.2 Å². The van der Waals surface area contributed by atoms with E-state index in [0.29, 0.717) is 35.8 Å². The van der Waals surface area contributed by atoms with Gasteiger partial charge in [-0.3, -0.25) is 4.79 Å². The highest BCUT2D eigenvalue weighted by molar-refractivity contribution is 7.89. The highest BCUT2D eigenvalue weighted by Crippen LogP contribution is 2.30. The molecule has 2 aromatic carbocycles. The summed E-state index contributed by atoms with van der Waals surface area (Å²) in [5.41, 5.74) is 3.61. The summed E-state index contributed by atoms with van der Waals surface area (Å²) in [6.07, 6.45) is 1.05. The van der Waals surface area contributed by atoms with Crippen molar-refractivity contribution in [3.63, 3.8) is 0 Å². The van der Waals surface area contributed by atoms with E-state index in [2.05, 4.69) is 0 Å². The number of piperidine rings is 1. The van der Waals surface area contributed by atoms with E-state index >= 15 is 0 Å². The molecule has 0 aliphatic carbocycles. The number of aryl methyl sites for hydroxylation is 3. The van der Waals surface area contributed by atoms with Crippen molar-refractivity contribution in [2.75, 3.05) is 20.1 Å². The summed E-state index contributed by atoms with van der Waals surface area (Å²) < 4.78 is 28.1. The number of hydrogen-bond acceptors (Lipinski definition) is 3. The number of carbonyl (C=O) groups is 1. The Morgan fingerprint density at radius 2 is 1.58 bits per heavy atom. The van der Waals surface area contributed by atoms with Crippen molar-refractivity contribution in [3.8, 4) is 0 Å². The summed E-state index contributed by atoms with van der Waals surface area (Å²) in [6, 6.07) is 11.2. The summed E-state index contributed by atoms with van der Waals surface area (Å²) >= 11 is 5.97. The molecular formula is C24H31ClN2O3S. The minimum Gasteiger partial charge on any atom is -0.339 e. The predicted octanol–water partition coefficient (Wildman–Crippen LogP) is 4.89. The topological polar surface area (TPSA) is 57.7 Å². The minimum absolute atomic E-state index is 0.0576. The summed E-state index contributed by atoms with van der Waals surface area (Å²) in [5, 5.41) is 0.664. The van der Waals surface area contributed by atoms with Gasteiger partial charge in [0.15, 0.2) is 0 Å². The second-order valence-corrected chi connectivity index (χ2v) is 10.9. The quantitative estimate of drug-likeness (QED) is 0.635. The van der Waals surface area contributed by atoms with Crippen molar-refractivity contribution >= 4 is 27.5 Å². The maximum atomic E-state index is 13.3. The van der Waals surface area contributed by atoms with Crippen molar-refractivity contribution in [2.24, 2.45) is 5.92 Å². The van der Waals surface area contributed by atoms with E-state index < -0.39 is 10.0 Å². The van der Waals surface area contributed by atoms with Gasteiger partial charge in [-0.05, 0) is 69.4 Å². The summed E-state index contributed by atoms with van der Waals surface area (Å²) in [4.78, 5) is 15.2. The second-order valence-electron chi connectivity index (χ2n) is 8.58. The zero-order valence-corrected chi connectivity index (χ0v) is 20.4. The van der Waals surface area contributed by atoms with Gasteiger partial charge in [0, 0.05) is 31.1 Å². The van der Waals surface area contributed by atoms with E-state index in [4.69, 9.17) is 11.6 Å². The van der Waals surface area contributed by atoms with Crippen LogP contribution >= 0.6 is 11.6 Å². The fourth-order valence-electron chi connectivity index (χ4n) is 4.49. The molecule has 1 unspecified atom stereocenters.